The first-order valence-corrected chi connectivity index (χ1v) is 10.2. The first-order chi connectivity index (χ1) is 12.5. The average Bonchev–Trinajstić information content (AvgIpc) is 3.15. The lowest BCUT2D eigenvalue weighted by Gasteiger charge is -2.15. The van der Waals surface area contributed by atoms with Gasteiger partial charge in [-0.15, -0.1) is 12.4 Å². The zero-order valence-electron chi connectivity index (χ0n) is 14.4. The zero-order valence-corrected chi connectivity index (χ0v) is 16.8. The number of hydrogen-bond acceptors (Lipinski definition) is 4. The first-order valence-electron chi connectivity index (χ1n) is 8.35. The highest BCUT2D eigenvalue weighted by atomic mass is 35.5. The Morgan fingerprint density at radius 3 is 2.59 bits per heavy atom. The highest BCUT2D eigenvalue weighted by molar-refractivity contribution is 7.92. The molecule has 9 heteroatoms. The van der Waals surface area contributed by atoms with Crippen molar-refractivity contribution < 1.29 is 13.2 Å². The van der Waals surface area contributed by atoms with Gasteiger partial charge in [0.2, 0.25) is 0 Å². The Hall–Kier alpha value is -1.80. The molecule has 6 nitrogen and oxygen atoms in total. The lowest BCUT2D eigenvalue weighted by molar-refractivity contribution is 0.0951. The van der Waals surface area contributed by atoms with E-state index in [9.17, 15) is 13.2 Å². The monoisotopic (exact) mass is 429 g/mol. The van der Waals surface area contributed by atoms with Crippen LogP contribution in [0.2, 0.25) is 5.02 Å². The predicted molar refractivity (Wildman–Crippen MR) is 109 cm³/mol. The first kappa shape index (κ1) is 21.5. The molecule has 3 N–H and O–H groups in total. The van der Waals surface area contributed by atoms with Crippen LogP contribution in [-0.4, -0.2) is 33.5 Å². The maximum atomic E-state index is 12.6. The van der Waals surface area contributed by atoms with Crippen LogP contribution in [0.1, 0.15) is 23.2 Å². The third-order valence-corrected chi connectivity index (χ3v) is 5.81. The number of sulfonamides is 1. The summed E-state index contributed by atoms with van der Waals surface area (Å²) in [5, 5.41) is 6.49. The summed E-state index contributed by atoms with van der Waals surface area (Å²) in [6, 6.07) is 12.7. The molecule has 0 spiro atoms. The van der Waals surface area contributed by atoms with Gasteiger partial charge in [0.1, 0.15) is 0 Å². The number of halogens is 2. The van der Waals surface area contributed by atoms with E-state index < -0.39 is 10.0 Å². The minimum atomic E-state index is -3.80. The number of amides is 1. The number of carbonyl (C=O) groups excluding carboxylic acids is 1. The molecule has 1 aliphatic heterocycles. The van der Waals surface area contributed by atoms with Gasteiger partial charge < -0.3 is 10.6 Å². The zero-order chi connectivity index (χ0) is 18.6. The van der Waals surface area contributed by atoms with E-state index in [0.29, 0.717) is 11.6 Å². The molecule has 0 bridgehead atoms. The van der Waals surface area contributed by atoms with Gasteiger partial charge in [-0.2, -0.15) is 0 Å². The maximum absolute atomic E-state index is 12.6. The minimum absolute atomic E-state index is 0. The van der Waals surface area contributed by atoms with E-state index in [1.54, 1.807) is 24.3 Å². The van der Waals surface area contributed by atoms with Gasteiger partial charge in [0.25, 0.3) is 15.9 Å². The molecule has 0 saturated carbocycles. The van der Waals surface area contributed by atoms with Crippen LogP contribution in [0.5, 0.6) is 0 Å². The SMILES string of the molecule is Cl.O=C(NCC1CCCN1)c1cc(Cl)ccc1NS(=O)(=O)c1ccccc1. The smallest absolute Gasteiger partial charge is 0.261 e. The fourth-order valence-corrected chi connectivity index (χ4v) is 4.11. The van der Waals surface area contributed by atoms with E-state index >= 15 is 0 Å². The molecular formula is C18H21Cl2N3O3S. The molecule has 1 heterocycles. The van der Waals surface area contributed by atoms with Crippen molar-refractivity contribution in [1.82, 2.24) is 10.6 Å². The lowest BCUT2D eigenvalue weighted by atomic mass is 10.1. The Kier molecular flexibility index (Phi) is 7.49. The van der Waals surface area contributed by atoms with Gasteiger partial charge in [-0.25, -0.2) is 8.42 Å². The largest absolute Gasteiger partial charge is 0.350 e. The van der Waals surface area contributed by atoms with Crippen LogP contribution in [0, 0.1) is 0 Å². The summed E-state index contributed by atoms with van der Waals surface area (Å²) in [6.45, 7) is 1.43. The molecule has 1 fully saturated rings. The van der Waals surface area contributed by atoms with Gasteiger partial charge in [-0.1, -0.05) is 29.8 Å². The van der Waals surface area contributed by atoms with Crippen molar-refractivity contribution in [3.63, 3.8) is 0 Å². The Bertz CT molecular complexity index is 886. The minimum Gasteiger partial charge on any atom is -0.350 e. The fourth-order valence-electron chi connectivity index (χ4n) is 2.84. The van der Waals surface area contributed by atoms with Crippen LogP contribution in [-0.2, 0) is 10.0 Å². The summed E-state index contributed by atoms with van der Waals surface area (Å²) >= 11 is 6.01. The summed E-state index contributed by atoms with van der Waals surface area (Å²) < 4.78 is 27.6. The Morgan fingerprint density at radius 1 is 1.19 bits per heavy atom. The Labute approximate surface area is 170 Å². The second-order valence-corrected chi connectivity index (χ2v) is 8.23. The molecule has 27 heavy (non-hydrogen) atoms. The Morgan fingerprint density at radius 2 is 1.93 bits per heavy atom. The van der Waals surface area contributed by atoms with Crippen molar-refractivity contribution in [3.05, 3.63) is 59.1 Å². The molecule has 1 saturated heterocycles. The standard InChI is InChI=1S/C18H20ClN3O3S.ClH/c19-13-8-9-17(22-26(24,25)15-6-2-1-3-7-15)16(11-13)18(23)21-12-14-5-4-10-20-14;/h1-3,6-9,11,14,20,22H,4-5,10,12H2,(H,21,23);1H. The predicted octanol–water partition coefficient (Wildman–Crippen LogP) is 3.04. The van der Waals surface area contributed by atoms with Crippen LogP contribution in [0.15, 0.2) is 53.4 Å². The van der Waals surface area contributed by atoms with Gasteiger partial charge in [-0.05, 0) is 49.7 Å². The van der Waals surface area contributed by atoms with Crippen LogP contribution >= 0.6 is 24.0 Å². The lowest BCUT2D eigenvalue weighted by Crippen LogP contribution is -2.37. The molecule has 1 unspecified atom stereocenters. The van der Waals surface area contributed by atoms with Gasteiger partial charge in [0.15, 0.2) is 0 Å². The van der Waals surface area contributed by atoms with E-state index in [1.807, 2.05) is 0 Å². The normalized spacial score (nSPS) is 16.4. The quantitative estimate of drug-likeness (QED) is 0.658. The van der Waals surface area contributed by atoms with Crippen molar-refractivity contribution in [2.24, 2.45) is 0 Å². The molecule has 1 atom stereocenters. The third-order valence-electron chi connectivity index (χ3n) is 4.20. The van der Waals surface area contributed by atoms with Gasteiger partial charge in [0, 0.05) is 17.6 Å². The fraction of sp³-hybridized carbons (Fsp3) is 0.278. The van der Waals surface area contributed by atoms with E-state index in [4.69, 9.17) is 11.6 Å². The topological polar surface area (TPSA) is 87.3 Å². The molecule has 146 valence electrons. The van der Waals surface area contributed by atoms with Crippen molar-refractivity contribution in [2.45, 2.75) is 23.8 Å². The van der Waals surface area contributed by atoms with E-state index in [2.05, 4.69) is 15.4 Å². The summed E-state index contributed by atoms with van der Waals surface area (Å²) in [6.07, 6.45) is 2.09. The molecule has 1 aliphatic rings. The van der Waals surface area contributed by atoms with Gasteiger partial charge in [-0.3, -0.25) is 9.52 Å². The van der Waals surface area contributed by atoms with Crippen molar-refractivity contribution in [3.8, 4) is 0 Å². The highest BCUT2D eigenvalue weighted by Gasteiger charge is 2.20. The number of nitrogens with one attached hydrogen (secondary N) is 3. The summed E-state index contributed by atoms with van der Waals surface area (Å²) in [5.74, 6) is -0.369. The molecule has 3 rings (SSSR count). The number of anilines is 1. The van der Waals surface area contributed by atoms with Gasteiger partial charge in [0.05, 0.1) is 16.1 Å². The summed E-state index contributed by atoms with van der Waals surface area (Å²) in [5.41, 5.74) is 0.380. The Balaban J connectivity index is 0.00000261. The number of carbonyl (C=O) groups is 1. The third kappa shape index (κ3) is 5.59. The second kappa shape index (κ2) is 9.41. The molecule has 2 aromatic carbocycles. The second-order valence-electron chi connectivity index (χ2n) is 6.11. The van der Waals surface area contributed by atoms with E-state index in [0.717, 1.165) is 19.4 Å². The molecule has 0 radical (unpaired) electrons. The van der Waals surface area contributed by atoms with E-state index in [-0.39, 0.29) is 40.5 Å². The van der Waals surface area contributed by atoms with Gasteiger partial charge >= 0.3 is 0 Å². The van der Waals surface area contributed by atoms with Crippen molar-refractivity contribution in [1.29, 1.82) is 0 Å². The summed E-state index contributed by atoms with van der Waals surface area (Å²) in [4.78, 5) is 12.7. The maximum Gasteiger partial charge on any atom is 0.261 e. The number of rotatable bonds is 6. The molecule has 2 aromatic rings. The highest BCUT2D eigenvalue weighted by Crippen LogP contribution is 2.24. The average molecular weight is 430 g/mol. The number of hydrogen-bond donors (Lipinski definition) is 3. The van der Waals surface area contributed by atoms with Crippen LogP contribution in [0.3, 0.4) is 0 Å². The summed E-state index contributed by atoms with van der Waals surface area (Å²) in [7, 11) is -3.80. The van der Waals surface area contributed by atoms with E-state index in [1.165, 1.54) is 24.3 Å². The van der Waals surface area contributed by atoms with Crippen molar-refractivity contribution >= 4 is 45.6 Å². The van der Waals surface area contributed by atoms with Crippen molar-refractivity contribution in [2.75, 3.05) is 17.8 Å². The number of benzene rings is 2. The molecular weight excluding hydrogens is 409 g/mol. The van der Waals surface area contributed by atoms with Crippen LogP contribution in [0.25, 0.3) is 0 Å². The molecule has 0 aliphatic carbocycles. The van der Waals surface area contributed by atoms with Crippen LogP contribution in [0.4, 0.5) is 5.69 Å². The molecule has 1 amide bonds. The van der Waals surface area contributed by atoms with Crippen LogP contribution < -0.4 is 15.4 Å². The molecule has 0 aromatic heterocycles.